The number of carboxylic acid groups (broad SMARTS) is 1. The van der Waals surface area contributed by atoms with Gasteiger partial charge in [0.2, 0.25) is 0 Å². The van der Waals surface area contributed by atoms with Gasteiger partial charge in [-0.3, -0.25) is 4.79 Å². The normalized spacial score (nSPS) is 13.4. The molecule has 0 spiro atoms. The van der Waals surface area contributed by atoms with Crippen LogP contribution in [0.15, 0.2) is 30.3 Å². The molecule has 0 aliphatic carbocycles. The number of carboxylic acids is 1. The van der Waals surface area contributed by atoms with Gasteiger partial charge in [0, 0.05) is 12.6 Å². The van der Waals surface area contributed by atoms with Crippen LogP contribution in [0.1, 0.15) is 38.8 Å². The van der Waals surface area contributed by atoms with Gasteiger partial charge in [-0.2, -0.15) is 0 Å². The largest absolute Gasteiger partial charge is 0.481 e. The molecule has 0 saturated carbocycles. The number of aliphatic carboxylic acids is 1. The highest BCUT2D eigenvalue weighted by molar-refractivity contribution is 5.73. The van der Waals surface area contributed by atoms with Gasteiger partial charge in [-0.15, -0.1) is 0 Å². The van der Waals surface area contributed by atoms with Crippen LogP contribution in [-0.2, 0) is 4.79 Å². The minimum atomic E-state index is -0.770. The highest BCUT2D eigenvalue weighted by Crippen LogP contribution is 2.19. The Hall–Kier alpha value is -1.35. The maximum atomic E-state index is 11.0. The van der Waals surface area contributed by atoms with Crippen molar-refractivity contribution in [1.29, 1.82) is 0 Å². The van der Waals surface area contributed by atoms with Crippen LogP contribution < -0.4 is 5.32 Å². The summed E-state index contributed by atoms with van der Waals surface area (Å²) in [5, 5.41) is 12.4. The van der Waals surface area contributed by atoms with Crippen LogP contribution in [0.25, 0.3) is 0 Å². The fraction of sp³-hybridized carbons (Fsp3) is 0.500. The monoisotopic (exact) mass is 235 g/mol. The van der Waals surface area contributed by atoms with Gasteiger partial charge >= 0.3 is 5.97 Å². The smallest absolute Gasteiger partial charge is 0.310 e. The molecule has 1 unspecified atom stereocenters. The molecule has 0 aliphatic heterocycles. The predicted molar refractivity (Wildman–Crippen MR) is 68.9 cm³/mol. The summed E-state index contributed by atoms with van der Waals surface area (Å²) in [6, 6.07) is 10.3. The van der Waals surface area contributed by atoms with Gasteiger partial charge in [0.25, 0.3) is 0 Å². The van der Waals surface area contributed by atoms with Crippen molar-refractivity contribution in [1.82, 2.24) is 5.32 Å². The van der Waals surface area contributed by atoms with E-state index in [1.54, 1.807) is 13.8 Å². The average Bonchev–Trinajstić information content (AvgIpc) is 2.31. The quantitative estimate of drug-likeness (QED) is 0.797. The third kappa shape index (κ3) is 3.86. The molecule has 0 bridgehead atoms. The lowest BCUT2D eigenvalue weighted by molar-refractivity contribution is -0.146. The summed E-state index contributed by atoms with van der Waals surface area (Å²) in [5.41, 5.74) is 0.471. The molecule has 1 atom stereocenters. The van der Waals surface area contributed by atoms with E-state index in [0.717, 1.165) is 6.42 Å². The first kappa shape index (κ1) is 13.7. The van der Waals surface area contributed by atoms with Crippen molar-refractivity contribution in [2.75, 3.05) is 6.54 Å². The summed E-state index contributed by atoms with van der Waals surface area (Å²) >= 11 is 0. The molecule has 0 amide bonds. The Balaban J connectivity index is 2.63. The van der Waals surface area contributed by atoms with E-state index in [2.05, 4.69) is 24.4 Å². The number of rotatable bonds is 6. The van der Waals surface area contributed by atoms with E-state index < -0.39 is 11.4 Å². The topological polar surface area (TPSA) is 49.3 Å². The molecule has 1 rings (SSSR count). The molecular formula is C14H21NO2. The first-order valence-corrected chi connectivity index (χ1v) is 5.99. The van der Waals surface area contributed by atoms with Gasteiger partial charge in [-0.1, -0.05) is 37.3 Å². The second kappa shape index (κ2) is 5.82. The number of carbonyl (C=O) groups is 1. The summed E-state index contributed by atoms with van der Waals surface area (Å²) in [6.07, 6.45) is 0.944. The van der Waals surface area contributed by atoms with E-state index in [9.17, 15) is 4.79 Å². The molecule has 0 saturated heterocycles. The zero-order valence-electron chi connectivity index (χ0n) is 10.7. The molecule has 0 radical (unpaired) electrons. The minimum Gasteiger partial charge on any atom is -0.481 e. The summed E-state index contributed by atoms with van der Waals surface area (Å²) in [5.74, 6) is -0.770. The Kier molecular flexibility index (Phi) is 4.70. The molecule has 17 heavy (non-hydrogen) atoms. The zero-order chi connectivity index (χ0) is 12.9. The van der Waals surface area contributed by atoms with Gasteiger partial charge in [0.05, 0.1) is 5.41 Å². The molecule has 0 aromatic heterocycles. The summed E-state index contributed by atoms with van der Waals surface area (Å²) in [7, 11) is 0. The predicted octanol–water partition coefficient (Wildman–Crippen LogP) is 2.84. The van der Waals surface area contributed by atoms with E-state index in [1.165, 1.54) is 5.56 Å². The lowest BCUT2D eigenvalue weighted by Crippen LogP contribution is -2.37. The standard InChI is InChI=1S/C14H21NO2/c1-4-12(11-8-6-5-7-9-11)15-10-14(2,3)13(16)17/h5-9,12,15H,4,10H2,1-3H3,(H,16,17). The molecule has 3 nitrogen and oxygen atoms in total. The Labute approximate surface area is 103 Å². The van der Waals surface area contributed by atoms with Crippen molar-refractivity contribution in [3.05, 3.63) is 35.9 Å². The van der Waals surface area contributed by atoms with E-state index in [1.807, 2.05) is 18.2 Å². The van der Waals surface area contributed by atoms with Gasteiger partial charge < -0.3 is 10.4 Å². The molecule has 1 aromatic carbocycles. The average molecular weight is 235 g/mol. The lowest BCUT2D eigenvalue weighted by Gasteiger charge is -2.24. The fourth-order valence-electron chi connectivity index (χ4n) is 1.64. The molecule has 2 N–H and O–H groups in total. The first-order valence-electron chi connectivity index (χ1n) is 5.99. The Morgan fingerprint density at radius 2 is 1.94 bits per heavy atom. The van der Waals surface area contributed by atoms with Gasteiger partial charge in [0.1, 0.15) is 0 Å². The maximum absolute atomic E-state index is 11.0. The fourth-order valence-corrected chi connectivity index (χ4v) is 1.64. The molecular weight excluding hydrogens is 214 g/mol. The molecule has 94 valence electrons. The van der Waals surface area contributed by atoms with Gasteiger partial charge in [0.15, 0.2) is 0 Å². The third-order valence-electron chi connectivity index (χ3n) is 2.98. The maximum Gasteiger partial charge on any atom is 0.310 e. The van der Waals surface area contributed by atoms with E-state index in [-0.39, 0.29) is 6.04 Å². The van der Waals surface area contributed by atoms with Crippen LogP contribution in [0.4, 0.5) is 0 Å². The van der Waals surface area contributed by atoms with Crippen LogP contribution in [0, 0.1) is 5.41 Å². The molecule has 0 heterocycles. The van der Waals surface area contributed by atoms with Crippen LogP contribution in [-0.4, -0.2) is 17.6 Å². The summed E-state index contributed by atoms with van der Waals surface area (Å²) < 4.78 is 0. The SMILES string of the molecule is CCC(NCC(C)(C)C(=O)O)c1ccccc1. The number of hydrogen-bond acceptors (Lipinski definition) is 2. The van der Waals surface area contributed by atoms with Crippen molar-refractivity contribution in [3.8, 4) is 0 Å². The number of benzene rings is 1. The number of hydrogen-bond donors (Lipinski definition) is 2. The summed E-state index contributed by atoms with van der Waals surface area (Å²) in [6.45, 7) is 6.04. The van der Waals surface area contributed by atoms with Crippen LogP contribution >= 0.6 is 0 Å². The van der Waals surface area contributed by atoms with Crippen LogP contribution in [0.5, 0.6) is 0 Å². The van der Waals surface area contributed by atoms with Crippen molar-refractivity contribution >= 4 is 5.97 Å². The first-order chi connectivity index (χ1) is 7.97. The second-order valence-corrected chi connectivity index (χ2v) is 4.94. The lowest BCUT2D eigenvalue weighted by atomic mass is 9.92. The van der Waals surface area contributed by atoms with Crippen molar-refractivity contribution in [2.24, 2.45) is 5.41 Å². The Bertz CT molecular complexity index is 360. The van der Waals surface area contributed by atoms with E-state index in [4.69, 9.17) is 5.11 Å². The Morgan fingerprint density at radius 1 is 1.35 bits per heavy atom. The van der Waals surface area contributed by atoms with Gasteiger partial charge in [-0.25, -0.2) is 0 Å². The highest BCUT2D eigenvalue weighted by Gasteiger charge is 2.27. The molecule has 0 fully saturated rings. The van der Waals surface area contributed by atoms with Gasteiger partial charge in [-0.05, 0) is 25.8 Å². The van der Waals surface area contributed by atoms with Crippen molar-refractivity contribution in [2.45, 2.75) is 33.2 Å². The summed E-state index contributed by atoms with van der Waals surface area (Å²) in [4.78, 5) is 11.0. The van der Waals surface area contributed by atoms with E-state index in [0.29, 0.717) is 6.54 Å². The Morgan fingerprint density at radius 3 is 2.41 bits per heavy atom. The van der Waals surface area contributed by atoms with Crippen LogP contribution in [0.3, 0.4) is 0 Å². The molecule has 0 aliphatic rings. The third-order valence-corrected chi connectivity index (χ3v) is 2.98. The molecule has 3 heteroatoms. The zero-order valence-corrected chi connectivity index (χ0v) is 10.7. The minimum absolute atomic E-state index is 0.217. The second-order valence-electron chi connectivity index (χ2n) is 4.94. The van der Waals surface area contributed by atoms with E-state index >= 15 is 0 Å². The molecule has 1 aromatic rings. The number of nitrogens with one attached hydrogen (secondary N) is 1. The van der Waals surface area contributed by atoms with Crippen LogP contribution in [0.2, 0.25) is 0 Å². The van der Waals surface area contributed by atoms with Crippen molar-refractivity contribution < 1.29 is 9.90 Å². The van der Waals surface area contributed by atoms with Crippen molar-refractivity contribution in [3.63, 3.8) is 0 Å². The highest BCUT2D eigenvalue weighted by atomic mass is 16.4.